The van der Waals surface area contributed by atoms with Crippen LogP contribution in [0.2, 0.25) is 0 Å². The van der Waals surface area contributed by atoms with Crippen molar-refractivity contribution in [2.45, 2.75) is 53.3 Å². The molecule has 0 fully saturated rings. The summed E-state index contributed by atoms with van der Waals surface area (Å²) in [7, 11) is 0. The Bertz CT molecular complexity index is 838. The van der Waals surface area contributed by atoms with E-state index in [4.69, 9.17) is 4.74 Å². The van der Waals surface area contributed by atoms with E-state index in [1.807, 2.05) is 12.1 Å². The minimum absolute atomic E-state index is 0.199. The van der Waals surface area contributed by atoms with Crippen molar-refractivity contribution in [1.82, 2.24) is 10.2 Å². The molecular weight excluding hydrogens is 378 g/mol. The lowest BCUT2D eigenvalue weighted by Crippen LogP contribution is -2.27. The van der Waals surface area contributed by atoms with Gasteiger partial charge in [-0.05, 0) is 63.2 Å². The monoisotopic (exact) mass is 411 g/mol. The van der Waals surface area contributed by atoms with Crippen molar-refractivity contribution in [3.8, 4) is 0 Å². The number of benzene rings is 2. The summed E-state index contributed by atoms with van der Waals surface area (Å²) < 4.78 is 5.24. The van der Waals surface area contributed by atoms with E-state index in [0.29, 0.717) is 17.8 Å². The van der Waals surface area contributed by atoms with Crippen molar-refractivity contribution in [2.24, 2.45) is 0 Å². The predicted octanol–water partition coefficient (Wildman–Crippen LogP) is 4.81. The lowest BCUT2D eigenvalue weighted by molar-refractivity contribution is 0.0635. The van der Waals surface area contributed by atoms with E-state index in [1.165, 1.54) is 5.56 Å². The lowest BCUT2D eigenvalue weighted by Gasteiger charge is -2.19. The first kappa shape index (κ1) is 23.4. The molecule has 2 aromatic rings. The molecule has 0 bridgehead atoms. The minimum atomic E-state index is -0.583. The van der Waals surface area contributed by atoms with Gasteiger partial charge < -0.3 is 10.1 Å². The van der Waals surface area contributed by atoms with Crippen LogP contribution >= 0.6 is 0 Å². The molecule has 2 rings (SSSR count). The summed E-state index contributed by atoms with van der Waals surface area (Å²) in [5, 5.41) is 5.58. The number of carbonyl (C=O) groups excluding carboxylic acids is 2. The summed E-state index contributed by atoms with van der Waals surface area (Å²) in [6.45, 7) is 13.1. The molecule has 0 radical (unpaired) electrons. The van der Waals surface area contributed by atoms with E-state index in [-0.39, 0.29) is 5.91 Å². The van der Waals surface area contributed by atoms with Crippen LogP contribution in [0, 0.1) is 0 Å². The topological polar surface area (TPSA) is 70.7 Å². The largest absolute Gasteiger partial charge is 0.444 e. The van der Waals surface area contributed by atoms with Crippen LogP contribution in [0.1, 0.15) is 56.1 Å². The number of amides is 2. The van der Waals surface area contributed by atoms with Gasteiger partial charge in [-0.2, -0.15) is 0 Å². The molecule has 0 heterocycles. The first-order valence-corrected chi connectivity index (χ1v) is 10.4. The Balaban J connectivity index is 1.91. The average Bonchev–Trinajstić information content (AvgIpc) is 2.69. The molecule has 0 aliphatic carbocycles. The third-order valence-electron chi connectivity index (χ3n) is 4.55. The summed E-state index contributed by atoms with van der Waals surface area (Å²) in [4.78, 5) is 26.8. The fourth-order valence-corrected chi connectivity index (χ4v) is 2.91. The van der Waals surface area contributed by atoms with Gasteiger partial charge in [-0.25, -0.2) is 4.79 Å². The van der Waals surface area contributed by atoms with E-state index in [1.54, 1.807) is 45.0 Å². The Hall–Kier alpha value is -2.86. The normalized spacial score (nSPS) is 11.3. The number of hydrogen-bond acceptors (Lipinski definition) is 4. The smallest absolute Gasteiger partial charge is 0.412 e. The van der Waals surface area contributed by atoms with Gasteiger partial charge in [0.05, 0.1) is 0 Å². The molecule has 2 N–H and O–H groups in total. The number of ether oxygens (including phenoxy) is 1. The van der Waals surface area contributed by atoms with Gasteiger partial charge in [-0.3, -0.25) is 15.0 Å². The molecule has 30 heavy (non-hydrogen) atoms. The zero-order valence-electron chi connectivity index (χ0n) is 18.6. The quantitative estimate of drug-likeness (QED) is 0.654. The van der Waals surface area contributed by atoms with Gasteiger partial charge in [0.15, 0.2) is 0 Å². The van der Waals surface area contributed by atoms with Crippen LogP contribution in [0.15, 0.2) is 48.5 Å². The molecule has 0 aromatic heterocycles. The summed E-state index contributed by atoms with van der Waals surface area (Å²) >= 11 is 0. The van der Waals surface area contributed by atoms with Crippen LogP contribution in [-0.2, 0) is 17.8 Å². The number of nitrogens with zero attached hydrogens (tertiary/aromatic N) is 1. The molecule has 0 unspecified atom stereocenters. The molecule has 2 aromatic carbocycles. The Morgan fingerprint density at radius 1 is 0.967 bits per heavy atom. The molecule has 0 aliphatic rings. The fourth-order valence-electron chi connectivity index (χ4n) is 2.91. The minimum Gasteiger partial charge on any atom is -0.444 e. The first-order chi connectivity index (χ1) is 14.2. The zero-order valence-corrected chi connectivity index (χ0v) is 18.6. The zero-order chi connectivity index (χ0) is 22.1. The number of anilines is 1. The van der Waals surface area contributed by atoms with Gasteiger partial charge in [0.1, 0.15) is 5.60 Å². The highest BCUT2D eigenvalue weighted by molar-refractivity contribution is 5.96. The second-order valence-corrected chi connectivity index (χ2v) is 8.17. The molecular formula is C24H33N3O3. The number of nitrogens with one attached hydrogen (secondary N) is 2. The molecule has 0 spiro atoms. The van der Waals surface area contributed by atoms with Crippen LogP contribution in [0.5, 0.6) is 0 Å². The van der Waals surface area contributed by atoms with Crippen molar-refractivity contribution in [2.75, 3.05) is 18.4 Å². The van der Waals surface area contributed by atoms with Crippen LogP contribution in [0.25, 0.3) is 0 Å². The maximum absolute atomic E-state index is 12.5. The molecule has 0 saturated heterocycles. The Morgan fingerprint density at radius 2 is 1.60 bits per heavy atom. The second kappa shape index (κ2) is 10.8. The molecule has 0 atom stereocenters. The van der Waals surface area contributed by atoms with Crippen LogP contribution in [0.4, 0.5) is 10.5 Å². The number of hydrogen-bond donors (Lipinski definition) is 2. The second-order valence-electron chi connectivity index (χ2n) is 8.17. The van der Waals surface area contributed by atoms with Crippen molar-refractivity contribution in [3.63, 3.8) is 0 Å². The molecule has 6 nitrogen and oxygen atoms in total. The van der Waals surface area contributed by atoms with Crippen molar-refractivity contribution in [3.05, 3.63) is 65.2 Å². The summed E-state index contributed by atoms with van der Waals surface area (Å²) in [6.07, 6.45) is -0.551. The molecule has 0 aliphatic heterocycles. The van der Waals surface area contributed by atoms with E-state index >= 15 is 0 Å². The van der Waals surface area contributed by atoms with Gasteiger partial charge in [0.2, 0.25) is 0 Å². The molecule has 2 amide bonds. The van der Waals surface area contributed by atoms with Crippen molar-refractivity contribution < 1.29 is 14.3 Å². The van der Waals surface area contributed by atoms with Gasteiger partial charge >= 0.3 is 6.09 Å². The van der Waals surface area contributed by atoms with E-state index in [2.05, 4.69) is 41.5 Å². The van der Waals surface area contributed by atoms with Crippen molar-refractivity contribution >= 4 is 17.7 Å². The number of rotatable bonds is 8. The molecule has 162 valence electrons. The molecule has 6 heteroatoms. The maximum Gasteiger partial charge on any atom is 0.412 e. The highest BCUT2D eigenvalue weighted by Gasteiger charge is 2.16. The van der Waals surface area contributed by atoms with Crippen LogP contribution in [0.3, 0.4) is 0 Å². The maximum atomic E-state index is 12.5. The predicted molar refractivity (Wildman–Crippen MR) is 121 cm³/mol. The lowest BCUT2D eigenvalue weighted by atomic mass is 10.1. The van der Waals surface area contributed by atoms with Gasteiger partial charge in [-0.1, -0.05) is 44.2 Å². The van der Waals surface area contributed by atoms with Crippen LogP contribution < -0.4 is 10.6 Å². The first-order valence-electron chi connectivity index (χ1n) is 10.4. The van der Waals surface area contributed by atoms with Gasteiger partial charge in [0, 0.05) is 24.3 Å². The highest BCUT2D eigenvalue weighted by atomic mass is 16.6. The third-order valence-corrected chi connectivity index (χ3v) is 4.55. The molecule has 0 saturated carbocycles. The fraction of sp³-hybridized carbons (Fsp3) is 0.417. The summed E-state index contributed by atoms with van der Waals surface area (Å²) in [5.74, 6) is -0.199. The summed E-state index contributed by atoms with van der Waals surface area (Å²) in [5.41, 5.74) is 2.70. The van der Waals surface area contributed by atoms with Crippen molar-refractivity contribution in [1.29, 1.82) is 0 Å². The Morgan fingerprint density at radius 3 is 2.20 bits per heavy atom. The van der Waals surface area contributed by atoms with E-state index in [0.717, 1.165) is 25.2 Å². The van der Waals surface area contributed by atoms with Gasteiger partial charge in [-0.15, -0.1) is 0 Å². The third kappa shape index (κ3) is 7.87. The Labute approximate surface area is 179 Å². The Kier molecular flexibility index (Phi) is 8.42. The van der Waals surface area contributed by atoms with Gasteiger partial charge in [0.25, 0.3) is 5.91 Å². The highest BCUT2D eigenvalue weighted by Crippen LogP contribution is 2.14. The number of carbonyl (C=O) groups is 2. The van der Waals surface area contributed by atoms with Crippen LogP contribution in [-0.4, -0.2) is 35.6 Å². The summed E-state index contributed by atoms with van der Waals surface area (Å²) in [6, 6.07) is 15.1. The average molecular weight is 412 g/mol. The van der Waals surface area contributed by atoms with E-state index < -0.39 is 11.7 Å². The van der Waals surface area contributed by atoms with E-state index in [9.17, 15) is 9.59 Å². The SMILES string of the molecule is CCN(CC)Cc1ccc(CNC(=O)c2cccc(NC(=O)OC(C)(C)C)c2)cc1. The standard InChI is InChI=1S/C24H33N3O3/c1-6-27(7-2)17-19-13-11-18(12-14-19)16-25-22(28)20-9-8-10-21(15-20)26-23(29)30-24(3,4)5/h8-15H,6-7,16-17H2,1-5H3,(H,25,28)(H,26,29).